The third-order valence-corrected chi connectivity index (χ3v) is 7.61. The van der Waals surface area contributed by atoms with Gasteiger partial charge in [0.25, 0.3) is 0 Å². The van der Waals surface area contributed by atoms with Gasteiger partial charge in [-0.15, -0.1) is 11.3 Å². The number of nitrogens with one attached hydrogen (secondary N) is 1. The van der Waals surface area contributed by atoms with Crippen LogP contribution < -0.4 is 10.1 Å². The van der Waals surface area contributed by atoms with Crippen molar-refractivity contribution < 1.29 is 4.74 Å². The second-order valence-electron chi connectivity index (χ2n) is 9.15. The Balaban J connectivity index is 1.24. The average Bonchev–Trinajstić information content (AvgIpc) is 3.61. The van der Waals surface area contributed by atoms with Gasteiger partial charge in [0.15, 0.2) is 5.82 Å². The molecule has 0 saturated carbocycles. The van der Waals surface area contributed by atoms with Crippen LogP contribution in [0, 0.1) is 5.92 Å². The monoisotopic (exact) mass is 462 g/mol. The zero-order chi connectivity index (χ0) is 22.6. The third kappa shape index (κ3) is 4.87. The predicted octanol–water partition coefficient (Wildman–Crippen LogP) is 5.68. The van der Waals surface area contributed by atoms with Crippen molar-refractivity contribution in [1.82, 2.24) is 19.4 Å². The summed E-state index contributed by atoms with van der Waals surface area (Å²) in [6.07, 6.45) is 7.63. The van der Waals surface area contributed by atoms with E-state index in [-0.39, 0.29) is 0 Å². The summed E-state index contributed by atoms with van der Waals surface area (Å²) in [6.45, 7) is 6.23. The van der Waals surface area contributed by atoms with Crippen LogP contribution in [0.3, 0.4) is 0 Å². The van der Waals surface area contributed by atoms with Crippen molar-refractivity contribution in [3.63, 3.8) is 0 Å². The molecule has 6 heteroatoms. The van der Waals surface area contributed by atoms with Gasteiger partial charge >= 0.3 is 0 Å². The SMILES string of the molecule is CCCc1cnc(-c2cc3sccc3n2C)n1CCCc1ccc(OCC2CCNC2)cc1. The fourth-order valence-electron chi connectivity index (χ4n) is 4.85. The van der Waals surface area contributed by atoms with Crippen molar-refractivity contribution in [1.29, 1.82) is 0 Å². The lowest BCUT2D eigenvalue weighted by atomic mass is 10.1. The van der Waals surface area contributed by atoms with Gasteiger partial charge in [-0.3, -0.25) is 0 Å². The Morgan fingerprint density at radius 3 is 2.82 bits per heavy atom. The predicted molar refractivity (Wildman–Crippen MR) is 137 cm³/mol. The molecule has 0 bridgehead atoms. The number of aromatic nitrogens is 3. The van der Waals surface area contributed by atoms with Crippen LogP contribution in [0.4, 0.5) is 0 Å². The summed E-state index contributed by atoms with van der Waals surface area (Å²) in [5.74, 6) is 2.72. The van der Waals surface area contributed by atoms with Crippen LogP contribution in [0.2, 0.25) is 0 Å². The van der Waals surface area contributed by atoms with E-state index in [1.807, 2.05) is 0 Å². The van der Waals surface area contributed by atoms with Gasteiger partial charge in [0.2, 0.25) is 0 Å². The van der Waals surface area contributed by atoms with Gasteiger partial charge in [-0.2, -0.15) is 0 Å². The molecule has 33 heavy (non-hydrogen) atoms. The molecule has 1 fully saturated rings. The van der Waals surface area contributed by atoms with Gasteiger partial charge in [-0.1, -0.05) is 25.5 Å². The quantitative estimate of drug-likeness (QED) is 0.330. The summed E-state index contributed by atoms with van der Waals surface area (Å²) in [5.41, 5.74) is 5.19. The summed E-state index contributed by atoms with van der Waals surface area (Å²) in [6, 6.07) is 13.2. The highest BCUT2D eigenvalue weighted by Crippen LogP contribution is 2.31. The number of aryl methyl sites for hydroxylation is 3. The zero-order valence-electron chi connectivity index (χ0n) is 19.7. The lowest BCUT2D eigenvalue weighted by molar-refractivity contribution is 0.260. The fraction of sp³-hybridized carbons (Fsp3) is 0.444. The van der Waals surface area contributed by atoms with E-state index in [0.717, 1.165) is 63.5 Å². The van der Waals surface area contributed by atoms with Gasteiger partial charge in [0, 0.05) is 37.9 Å². The highest BCUT2D eigenvalue weighted by atomic mass is 32.1. The summed E-state index contributed by atoms with van der Waals surface area (Å²) in [4.78, 5) is 4.86. The van der Waals surface area contributed by atoms with Crippen molar-refractivity contribution in [2.24, 2.45) is 13.0 Å². The summed E-state index contributed by atoms with van der Waals surface area (Å²) >= 11 is 1.80. The third-order valence-electron chi connectivity index (χ3n) is 6.76. The molecule has 1 aliphatic rings. The van der Waals surface area contributed by atoms with Gasteiger partial charge in [0.1, 0.15) is 5.75 Å². The first-order chi connectivity index (χ1) is 16.2. The van der Waals surface area contributed by atoms with Gasteiger partial charge < -0.3 is 19.2 Å². The Labute approximate surface area is 200 Å². The molecule has 1 atom stereocenters. The number of fused-ring (bicyclic) bond motifs is 1. The van der Waals surface area contributed by atoms with Crippen LogP contribution >= 0.6 is 11.3 Å². The smallest absolute Gasteiger partial charge is 0.156 e. The van der Waals surface area contributed by atoms with E-state index in [1.54, 1.807) is 11.3 Å². The Hall–Kier alpha value is -2.57. The number of hydrogen-bond donors (Lipinski definition) is 1. The molecule has 1 aromatic carbocycles. The maximum atomic E-state index is 5.99. The number of thiophene rings is 1. The first-order valence-electron chi connectivity index (χ1n) is 12.2. The molecule has 4 heterocycles. The van der Waals surface area contributed by atoms with Crippen molar-refractivity contribution >= 4 is 21.6 Å². The number of rotatable bonds is 10. The molecule has 0 spiro atoms. The number of benzene rings is 1. The van der Waals surface area contributed by atoms with Crippen molar-refractivity contribution in [3.8, 4) is 17.3 Å². The Morgan fingerprint density at radius 1 is 1.18 bits per heavy atom. The van der Waals surface area contributed by atoms with Crippen LogP contribution in [0.15, 0.2) is 48.0 Å². The molecule has 0 radical (unpaired) electrons. The van der Waals surface area contributed by atoms with E-state index >= 15 is 0 Å². The molecule has 5 rings (SSSR count). The maximum Gasteiger partial charge on any atom is 0.156 e. The summed E-state index contributed by atoms with van der Waals surface area (Å²) in [7, 11) is 2.15. The normalized spacial score (nSPS) is 16.1. The molecule has 1 aliphatic heterocycles. The molecular formula is C27H34N4OS. The standard InChI is InChI=1S/C27H34N4OS/c1-3-5-22-18-29-27(25-16-26-24(30(25)2)12-15-33-26)31(22)14-4-6-20-7-9-23(10-8-20)32-19-21-11-13-28-17-21/h7-10,12,15-16,18,21,28H,3-6,11,13-14,17,19H2,1-2H3. The summed E-state index contributed by atoms with van der Waals surface area (Å²) in [5, 5.41) is 5.56. The van der Waals surface area contributed by atoms with Crippen molar-refractivity contribution in [2.75, 3.05) is 19.7 Å². The number of ether oxygens (including phenoxy) is 1. The van der Waals surface area contributed by atoms with Crippen LogP contribution in [0.5, 0.6) is 5.75 Å². The summed E-state index contributed by atoms with van der Waals surface area (Å²) < 4.78 is 12.0. The van der Waals surface area contributed by atoms with Gasteiger partial charge in [-0.25, -0.2) is 4.98 Å². The topological polar surface area (TPSA) is 44.0 Å². The highest BCUT2D eigenvalue weighted by molar-refractivity contribution is 7.17. The lowest BCUT2D eigenvalue weighted by Gasteiger charge is -2.13. The largest absolute Gasteiger partial charge is 0.493 e. The molecular weight excluding hydrogens is 428 g/mol. The number of nitrogens with zero attached hydrogens (tertiary/aromatic N) is 3. The van der Waals surface area contributed by atoms with E-state index in [0.29, 0.717) is 5.92 Å². The van der Waals surface area contributed by atoms with E-state index in [9.17, 15) is 0 Å². The average molecular weight is 463 g/mol. The highest BCUT2D eigenvalue weighted by Gasteiger charge is 2.17. The number of imidazole rings is 1. The second-order valence-corrected chi connectivity index (χ2v) is 10.1. The molecule has 3 aromatic heterocycles. The van der Waals surface area contributed by atoms with Crippen molar-refractivity contribution in [3.05, 3.63) is 59.2 Å². The minimum absolute atomic E-state index is 0.645. The van der Waals surface area contributed by atoms with E-state index < -0.39 is 0 Å². The molecule has 0 amide bonds. The van der Waals surface area contributed by atoms with E-state index in [1.165, 1.54) is 33.6 Å². The molecule has 1 N–H and O–H groups in total. The van der Waals surface area contributed by atoms with E-state index in [2.05, 4.69) is 76.4 Å². The lowest BCUT2D eigenvalue weighted by Crippen LogP contribution is -2.15. The number of hydrogen-bond acceptors (Lipinski definition) is 4. The Kier molecular flexibility index (Phi) is 6.83. The maximum absolute atomic E-state index is 5.99. The minimum atomic E-state index is 0.645. The second kappa shape index (κ2) is 10.1. The minimum Gasteiger partial charge on any atom is -0.493 e. The van der Waals surface area contributed by atoms with Crippen molar-refractivity contribution in [2.45, 2.75) is 45.6 Å². The van der Waals surface area contributed by atoms with Crippen LogP contribution in [-0.2, 0) is 26.4 Å². The Bertz CT molecular complexity index is 1180. The first kappa shape index (κ1) is 22.2. The van der Waals surface area contributed by atoms with Crippen LogP contribution in [0.25, 0.3) is 21.7 Å². The molecule has 0 aliphatic carbocycles. The fourth-order valence-corrected chi connectivity index (χ4v) is 5.70. The Morgan fingerprint density at radius 2 is 2.06 bits per heavy atom. The molecule has 174 valence electrons. The van der Waals surface area contributed by atoms with E-state index in [4.69, 9.17) is 9.72 Å². The molecule has 1 saturated heterocycles. The molecule has 5 nitrogen and oxygen atoms in total. The van der Waals surface area contributed by atoms with Gasteiger partial charge in [-0.05, 0) is 67.4 Å². The molecule has 1 unspecified atom stereocenters. The zero-order valence-corrected chi connectivity index (χ0v) is 20.5. The first-order valence-corrected chi connectivity index (χ1v) is 13.1. The molecule has 4 aromatic rings. The van der Waals surface area contributed by atoms with Crippen LogP contribution in [0.1, 0.15) is 37.4 Å². The van der Waals surface area contributed by atoms with Crippen LogP contribution in [-0.4, -0.2) is 33.8 Å². The van der Waals surface area contributed by atoms with Gasteiger partial charge in [0.05, 0.1) is 22.5 Å².